The van der Waals surface area contributed by atoms with Crippen LogP contribution in [0, 0.1) is 11.8 Å². The number of carbonyl (C=O) groups is 4. The number of aromatic nitrogens is 2. The Balaban J connectivity index is 1.36. The predicted molar refractivity (Wildman–Crippen MR) is 181 cm³/mol. The van der Waals surface area contributed by atoms with Gasteiger partial charge >= 0.3 is 6.09 Å². The summed E-state index contributed by atoms with van der Waals surface area (Å²) in [4.78, 5) is 61.7. The standard InChI is InChI=1S/C36H52N6O7/c1-3-41-23-31(49-36(41)47)33(44)29(19-26-12-8-5-9-13-26)38-35(46)30(21-28-22-40(2)24-37-28)39-34(45)27(18-25-10-6-4-7-11-25)20-32(43)42-14-16-48-17-15-42/h4,6-7,10-11,22,24,26-27,29-31,33,44H,3,5,8-9,12-21,23H2,1-2H3,(H,38,46)(H,39,45). The van der Waals surface area contributed by atoms with Crippen molar-refractivity contribution in [2.24, 2.45) is 18.9 Å². The number of aryl methyl sites for hydroxylation is 1. The molecule has 49 heavy (non-hydrogen) atoms. The van der Waals surface area contributed by atoms with Gasteiger partial charge in [-0.15, -0.1) is 0 Å². The Kier molecular flexibility index (Phi) is 13.1. The molecule has 13 nitrogen and oxygen atoms in total. The van der Waals surface area contributed by atoms with E-state index < -0.39 is 48.1 Å². The number of morpholine rings is 1. The Hall–Kier alpha value is -3.97. The number of ether oxygens (including phenoxy) is 2. The van der Waals surface area contributed by atoms with Crippen molar-refractivity contribution in [3.05, 3.63) is 54.1 Å². The van der Waals surface area contributed by atoms with Crippen molar-refractivity contribution in [2.45, 2.75) is 89.0 Å². The van der Waals surface area contributed by atoms with Crippen molar-refractivity contribution >= 4 is 23.8 Å². The van der Waals surface area contributed by atoms with E-state index in [0.29, 0.717) is 57.3 Å². The number of cyclic esters (lactones) is 1. The fraction of sp³-hybridized carbons (Fsp3) is 0.639. The Morgan fingerprint density at radius 2 is 1.76 bits per heavy atom. The van der Waals surface area contributed by atoms with E-state index in [2.05, 4.69) is 15.6 Å². The van der Waals surface area contributed by atoms with E-state index >= 15 is 0 Å². The molecule has 2 aliphatic heterocycles. The van der Waals surface area contributed by atoms with Crippen LogP contribution in [0.4, 0.5) is 4.79 Å². The van der Waals surface area contributed by atoms with Crippen LogP contribution in [0.2, 0.25) is 0 Å². The molecule has 5 atom stereocenters. The maximum absolute atomic E-state index is 14.2. The fourth-order valence-electron chi connectivity index (χ4n) is 7.17. The van der Waals surface area contributed by atoms with Gasteiger partial charge in [-0.2, -0.15) is 0 Å². The van der Waals surface area contributed by atoms with E-state index in [1.54, 1.807) is 22.0 Å². The zero-order chi connectivity index (χ0) is 34.8. The lowest BCUT2D eigenvalue weighted by Crippen LogP contribution is -2.57. The lowest BCUT2D eigenvalue weighted by atomic mass is 9.83. The largest absolute Gasteiger partial charge is 0.441 e. The highest BCUT2D eigenvalue weighted by molar-refractivity contribution is 5.91. The molecule has 1 aromatic carbocycles. The average Bonchev–Trinajstić information content (AvgIpc) is 3.72. The molecule has 3 heterocycles. The number of benzene rings is 1. The van der Waals surface area contributed by atoms with Crippen molar-refractivity contribution < 1.29 is 33.8 Å². The van der Waals surface area contributed by atoms with Crippen LogP contribution in [0.25, 0.3) is 0 Å². The van der Waals surface area contributed by atoms with Crippen LogP contribution in [0.5, 0.6) is 0 Å². The summed E-state index contributed by atoms with van der Waals surface area (Å²) >= 11 is 0. The molecule has 3 N–H and O–H groups in total. The van der Waals surface area contributed by atoms with Gasteiger partial charge in [-0.1, -0.05) is 62.4 Å². The summed E-state index contributed by atoms with van der Waals surface area (Å²) < 4.78 is 12.7. The van der Waals surface area contributed by atoms with Gasteiger partial charge in [0, 0.05) is 45.7 Å². The van der Waals surface area contributed by atoms with E-state index in [0.717, 1.165) is 37.7 Å². The number of amides is 4. The summed E-state index contributed by atoms with van der Waals surface area (Å²) in [6, 6.07) is 7.80. The summed E-state index contributed by atoms with van der Waals surface area (Å²) in [5.41, 5.74) is 1.52. The first-order valence-electron chi connectivity index (χ1n) is 17.8. The van der Waals surface area contributed by atoms with Gasteiger partial charge in [-0.05, 0) is 31.2 Å². The molecule has 13 heteroatoms. The molecule has 0 radical (unpaired) electrons. The van der Waals surface area contributed by atoms with Crippen LogP contribution in [0.3, 0.4) is 0 Å². The molecule has 268 valence electrons. The zero-order valence-electron chi connectivity index (χ0n) is 28.8. The van der Waals surface area contributed by atoms with Crippen LogP contribution < -0.4 is 10.6 Å². The number of nitrogens with zero attached hydrogens (tertiary/aromatic N) is 4. The molecule has 3 fully saturated rings. The smallest absolute Gasteiger partial charge is 0.410 e. The minimum Gasteiger partial charge on any atom is -0.441 e. The van der Waals surface area contributed by atoms with Gasteiger partial charge < -0.3 is 39.6 Å². The van der Waals surface area contributed by atoms with Gasteiger partial charge in [0.25, 0.3) is 0 Å². The highest BCUT2D eigenvalue weighted by Gasteiger charge is 2.41. The van der Waals surface area contributed by atoms with Crippen molar-refractivity contribution in [1.82, 2.24) is 30.0 Å². The fourth-order valence-corrected chi connectivity index (χ4v) is 7.17. The maximum atomic E-state index is 14.2. The lowest BCUT2D eigenvalue weighted by molar-refractivity contribution is -0.140. The third kappa shape index (κ3) is 10.3. The van der Waals surface area contributed by atoms with Crippen LogP contribution in [0.1, 0.15) is 63.1 Å². The molecule has 1 aromatic heterocycles. The van der Waals surface area contributed by atoms with Crippen LogP contribution in [0.15, 0.2) is 42.9 Å². The number of rotatable bonds is 15. The lowest BCUT2D eigenvalue weighted by Gasteiger charge is -2.33. The molecular formula is C36H52N6O7. The molecule has 0 spiro atoms. The Bertz CT molecular complexity index is 1390. The quantitative estimate of drug-likeness (QED) is 0.259. The van der Waals surface area contributed by atoms with E-state index in [9.17, 15) is 24.3 Å². The summed E-state index contributed by atoms with van der Waals surface area (Å²) in [5.74, 6) is -1.42. The minimum absolute atomic E-state index is 0.0113. The Labute approximate surface area is 288 Å². The van der Waals surface area contributed by atoms with Crippen molar-refractivity contribution in [2.75, 3.05) is 39.4 Å². The first-order valence-corrected chi connectivity index (χ1v) is 17.8. The Morgan fingerprint density at radius 3 is 2.41 bits per heavy atom. The van der Waals surface area contributed by atoms with Crippen LogP contribution in [-0.2, 0) is 43.7 Å². The molecule has 2 saturated heterocycles. The highest BCUT2D eigenvalue weighted by Crippen LogP contribution is 2.29. The van der Waals surface area contributed by atoms with Gasteiger partial charge in [0.1, 0.15) is 18.2 Å². The van der Waals surface area contributed by atoms with Gasteiger partial charge in [0.05, 0.1) is 43.7 Å². The van der Waals surface area contributed by atoms with Crippen LogP contribution >= 0.6 is 0 Å². The van der Waals surface area contributed by atoms with Gasteiger partial charge in [-0.3, -0.25) is 14.4 Å². The van der Waals surface area contributed by atoms with Crippen molar-refractivity contribution in [3.63, 3.8) is 0 Å². The minimum atomic E-state index is -1.13. The summed E-state index contributed by atoms with van der Waals surface area (Å²) in [5, 5.41) is 17.6. The molecule has 5 unspecified atom stereocenters. The van der Waals surface area contributed by atoms with E-state index in [4.69, 9.17) is 9.47 Å². The third-order valence-electron chi connectivity index (χ3n) is 10.0. The number of likely N-dealkylation sites (N-methyl/N-ethyl adjacent to an activating group) is 1. The van der Waals surface area contributed by atoms with Crippen molar-refractivity contribution in [1.29, 1.82) is 0 Å². The number of hydrogen-bond acceptors (Lipinski definition) is 8. The van der Waals surface area contributed by atoms with Gasteiger partial charge in [0.2, 0.25) is 17.7 Å². The first-order chi connectivity index (χ1) is 23.7. The molecular weight excluding hydrogens is 628 g/mol. The highest BCUT2D eigenvalue weighted by atomic mass is 16.6. The molecule has 1 aliphatic carbocycles. The number of aliphatic hydroxyl groups excluding tert-OH is 1. The summed E-state index contributed by atoms with van der Waals surface area (Å²) in [6.07, 6.45) is 7.33. The maximum Gasteiger partial charge on any atom is 0.410 e. The predicted octanol–water partition coefficient (Wildman–Crippen LogP) is 2.21. The van der Waals surface area contributed by atoms with Gasteiger partial charge in [-0.25, -0.2) is 9.78 Å². The average molecular weight is 681 g/mol. The number of carbonyl (C=O) groups excluding carboxylic acids is 4. The summed E-state index contributed by atoms with van der Waals surface area (Å²) in [6.45, 7) is 4.40. The molecule has 4 amide bonds. The molecule has 3 aliphatic rings. The molecule has 0 bridgehead atoms. The van der Waals surface area contributed by atoms with E-state index in [1.165, 1.54) is 4.90 Å². The van der Waals surface area contributed by atoms with E-state index in [1.807, 2.05) is 44.3 Å². The number of aliphatic hydroxyl groups is 1. The SMILES string of the molecule is CCN1CC(C(O)C(CC2CCCCC2)NC(=O)C(Cc2cn(C)cn2)NC(=O)C(CC(=O)N2CCOCC2)Cc2ccccc2)OC1=O. The molecule has 1 saturated carbocycles. The molecule has 2 aromatic rings. The number of imidazole rings is 1. The number of nitrogens with one attached hydrogen (secondary N) is 2. The second kappa shape index (κ2) is 17.6. The van der Waals surface area contributed by atoms with Crippen molar-refractivity contribution in [3.8, 4) is 0 Å². The second-order valence-electron chi connectivity index (χ2n) is 13.7. The second-order valence-corrected chi connectivity index (χ2v) is 13.7. The Morgan fingerprint density at radius 1 is 1.02 bits per heavy atom. The van der Waals surface area contributed by atoms with Crippen LogP contribution in [-0.4, -0.2) is 112 Å². The zero-order valence-corrected chi connectivity index (χ0v) is 28.8. The first kappa shape index (κ1) is 36.3. The third-order valence-corrected chi connectivity index (χ3v) is 10.0. The normalized spacial score (nSPS) is 21.0. The van der Waals surface area contributed by atoms with E-state index in [-0.39, 0.29) is 25.3 Å². The monoisotopic (exact) mass is 680 g/mol. The number of hydrogen-bond donors (Lipinski definition) is 3. The van der Waals surface area contributed by atoms with Gasteiger partial charge in [0.15, 0.2) is 0 Å². The molecule has 5 rings (SSSR count). The summed E-state index contributed by atoms with van der Waals surface area (Å²) in [7, 11) is 1.83. The topological polar surface area (TPSA) is 155 Å².